The van der Waals surface area contributed by atoms with Crippen molar-refractivity contribution in [2.24, 2.45) is 0 Å². The van der Waals surface area contributed by atoms with Crippen molar-refractivity contribution in [3.8, 4) is 0 Å². The number of unbranched alkanes of at least 4 members (excludes halogenated alkanes) is 1. The van der Waals surface area contributed by atoms with Crippen LogP contribution in [0.3, 0.4) is 0 Å². The Hall–Kier alpha value is 0.411. The van der Waals surface area contributed by atoms with Gasteiger partial charge in [0.2, 0.25) is 0 Å². The molecule has 1 N–H and O–H groups in total. The third kappa shape index (κ3) is 16.2. The number of hydrogen-bond acceptors (Lipinski definition) is 6. The van der Waals surface area contributed by atoms with E-state index in [-0.39, 0.29) is 6.61 Å². The molecule has 1 unspecified atom stereocenters. The van der Waals surface area contributed by atoms with Gasteiger partial charge in [0.15, 0.2) is 16.6 Å². The summed E-state index contributed by atoms with van der Waals surface area (Å²) in [4.78, 5) is 0. The summed E-state index contributed by atoms with van der Waals surface area (Å²) in [6.45, 7) is 18.0. The zero-order chi connectivity index (χ0) is 21.7. The van der Waals surface area contributed by atoms with Gasteiger partial charge in [0.1, 0.15) is 6.10 Å². The summed E-state index contributed by atoms with van der Waals surface area (Å²) in [5.41, 5.74) is 0. The Bertz CT molecular complexity index is 394. The number of aliphatic hydroxyl groups excluding tert-OH is 1. The maximum absolute atomic E-state index is 9.82. The molecule has 0 aliphatic rings. The van der Waals surface area contributed by atoms with Crippen LogP contribution in [-0.4, -0.2) is 76.6 Å². The predicted molar refractivity (Wildman–Crippen MR) is 123 cm³/mol. The van der Waals surface area contributed by atoms with Gasteiger partial charge in [-0.3, -0.25) is 0 Å². The number of ether oxygens (including phenoxy) is 3. The summed E-state index contributed by atoms with van der Waals surface area (Å²) in [6, 6.07) is 2.24. The maximum atomic E-state index is 9.82. The van der Waals surface area contributed by atoms with Crippen LogP contribution >= 0.6 is 0 Å². The van der Waals surface area contributed by atoms with E-state index in [1.54, 1.807) is 7.11 Å². The van der Waals surface area contributed by atoms with Crippen LogP contribution in [0.15, 0.2) is 0 Å². The number of methoxy groups -OCH3 is 1. The third-order valence-corrected chi connectivity index (χ3v) is 15.8. The lowest BCUT2D eigenvalue weighted by Crippen LogP contribution is -2.52. The second kappa shape index (κ2) is 14.4. The van der Waals surface area contributed by atoms with E-state index >= 15 is 0 Å². The van der Waals surface area contributed by atoms with Gasteiger partial charge in [0.05, 0.1) is 26.4 Å². The number of hydrogen-bond donors (Lipinski definition) is 1. The average Bonchev–Trinajstić information content (AvgIpc) is 2.54. The quantitative estimate of drug-likeness (QED) is 0.245. The highest BCUT2D eigenvalue weighted by molar-refractivity contribution is 6.87. The normalized spacial score (nSPS) is 14.5. The van der Waals surface area contributed by atoms with Crippen molar-refractivity contribution in [1.29, 1.82) is 0 Å². The molecule has 9 heteroatoms. The van der Waals surface area contributed by atoms with Crippen molar-refractivity contribution in [2.75, 3.05) is 40.1 Å². The van der Waals surface area contributed by atoms with Gasteiger partial charge in [0.25, 0.3) is 0 Å². The lowest BCUT2D eigenvalue weighted by molar-refractivity contribution is -0.0281. The number of rotatable bonds is 18. The van der Waals surface area contributed by atoms with Gasteiger partial charge >= 0.3 is 8.56 Å². The van der Waals surface area contributed by atoms with Crippen LogP contribution in [0.1, 0.15) is 26.2 Å². The van der Waals surface area contributed by atoms with Crippen molar-refractivity contribution < 1.29 is 27.5 Å². The molecule has 0 spiro atoms. The summed E-state index contributed by atoms with van der Waals surface area (Å²) < 4.78 is 29.0. The monoisotopic (exact) mass is 454 g/mol. The van der Waals surface area contributed by atoms with Gasteiger partial charge in [-0.1, -0.05) is 19.8 Å². The van der Waals surface area contributed by atoms with Crippen molar-refractivity contribution >= 4 is 25.2 Å². The smallest absolute Gasteiger partial charge is 0.311 e. The second-order valence-electron chi connectivity index (χ2n) is 9.13. The van der Waals surface area contributed by atoms with E-state index in [4.69, 9.17) is 22.4 Å². The molecule has 0 bridgehead atoms. The molecular weight excluding hydrogens is 408 g/mol. The van der Waals surface area contributed by atoms with Crippen LogP contribution in [0, 0.1) is 0 Å². The highest BCUT2D eigenvalue weighted by atomic mass is 28.5. The van der Waals surface area contributed by atoms with Crippen LogP contribution in [0.2, 0.25) is 51.4 Å². The Balaban J connectivity index is 4.09. The summed E-state index contributed by atoms with van der Waals surface area (Å²) in [5.74, 6) is 0. The highest BCUT2D eigenvalue weighted by Crippen LogP contribution is 2.26. The van der Waals surface area contributed by atoms with Gasteiger partial charge in [-0.25, -0.2) is 0 Å². The SMILES string of the molecule is CCCC[Si](C)(C)O[Si](C)(C)O[Si](C)(C)CCCOCC(O)COCCOC. The first-order chi connectivity index (χ1) is 12.9. The fraction of sp³-hybridized carbons (Fsp3) is 1.00. The molecule has 0 rings (SSSR count). The van der Waals surface area contributed by atoms with Crippen LogP contribution in [0.4, 0.5) is 0 Å². The van der Waals surface area contributed by atoms with Gasteiger partial charge in [-0.15, -0.1) is 0 Å². The average molecular weight is 455 g/mol. The molecule has 0 aliphatic carbocycles. The van der Waals surface area contributed by atoms with Crippen LogP contribution < -0.4 is 0 Å². The molecule has 0 amide bonds. The Morgan fingerprint density at radius 3 is 1.75 bits per heavy atom. The minimum atomic E-state index is -2.12. The standard InChI is InChI=1S/C19H46O6Si3/c1-9-10-15-26(3,4)24-28(7,8)25-27(5,6)16-11-12-22-17-19(20)18-23-14-13-21-2/h19-20H,9-18H2,1-8H3. The Kier molecular flexibility index (Phi) is 14.6. The second-order valence-corrected chi connectivity index (χ2v) is 21.6. The predicted octanol–water partition coefficient (Wildman–Crippen LogP) is 4.36. The molecule has 0 fully saturated rings. The van der Waals surface area contributed by atoms with Crippen molar-refractivity contribution in [3.05, 3.63) is 0 Å². The molecule has 28 heavy (non-hydrogen) atoms. The van der Waals surface area contributed by atoms with Gasteiger partial charge in [-0.2, -0.15) is 0 Å². The van der Waals surface area contributed by atoms with Gasteiger partial charge in [0, 0.05) is 13.7 Å². The minimum Gasteiger partial charge on any atom is -0.437 e. The van der Waals surface area contributed by atoms with Crippen molar-refractivity contribution in [2.45, 2.75) is 83.7 Å². The summed E-state index contributed by atoms with van der Waals surface area (Å²) >= 11 is 0. The first kappa shape index (κ1) is 28.4. The molecule has 0 saturated heterocycles. The zero-order valence-corrected chi connectivity index (χ0v) is 22.6. The molecule has 0 aromatic rings. The molecule has 170 valence electrons. The largest absolute Gasteiger partial charge is 0.437 e. The fourth-order valence-electron chi connectivity index (χ4n) is 3.29. The summed E-state index contributed by atoms with van der Waals surface area (Å²) in [7, 11) is -3.93. The first-order valence-electron chi connectivity index (χ1n) is 10.7. The van der Waals surface area contributed by atoms with E-state index in [0.29, 0.717) is 26.4 Å². The van der Waals surface area contributed by atoms with Gasteiger partial charge < -0.3 is 27.5 Å². The van der Waals surface area contributed by atoms with Crippen LogP contribution in [0.5, 0.6) is 0 Å². The van der Waals surface area contributed by atoms with Crippen molar-refractivity contribution in [3.63, 3.8) is 0 Å². The molecule has 0 aliphatic heterocycles. The molecular formula is C19H46O6Si3. The van der Waals surface area contributed by atoms with Crippen molar-refractivity contribution in [1.82, 2.24) is 0 Å². The Morgan fingerprint density at radius 2 is 1.25 bits per heavy atom. The molecule has 0 heterocycles. The maximum Gasteiger partial charge on any atom is 0.311 e. The van der Waals surface area contributed by atoms with E-state index < -0.39 is 31.3 Å². The summed E-state index contributed by atoms with van der Waals surface area (Å²) in [6.07, 6.45) is 2.81. The molecule has 6 nitrogen and oxygen atoms in total. The lowest BCUT2D eigenvalue weighted by atomic mass is 10.4. The lowest BCUT2D eigenvalue weighted by Gasteiger charge is -2.38. The third-order valence-electron chi connectivity index (χ3n) is 4.30. The van der Waals surface area contributed by atoms with E-state index in [1.165, 1.54) is 18.9 Å². The fourth-order valence-corrected chi connectivity index (χ4v) is 17.5. The molecule has 0 aromatic heterocycles. The first-order valence-corrected chi connectivity index (χ1v) is 19.7. The zero-order valence-electron chi connectivity index (χ0n) is 19.6. The summed E-state index contributed by atoms with van der Waals surface area (Å²) in [5, 5.41) is 9.82. The molecule has 0 saturated carbocycles. The van der Waals surface area contributed by atoms with Crippen LogP contribution in [0.25, 0.3) is 0 Å². The Morgan fingerprint density at radius 1 is 0.750 bits per heavy atom. The van der Waals surface area contributed by atoms with E-state index in [1.807, 2.05) is 0 Å². The minimum absolute atomic E-state index is 0.279. The highest BCUT2D eigenvalue weighted by Gasteiger charge is 2.39. The van der Waals surface area contributed by atoms with E-state index in [9.17, 15) is 5.11 Å². The molecule has 0 aromatic carbocycles. The number of aliphatic hydroxyl groups is 1. The molecule has 1 atom stereocenters. The molecule has 0 radical (unpaired) electrons. The Labute approximate surface area is 176 Å². The topological polar surface area (TPSA) is 66.4 Å². The van der Waals surface area contributed by atoms with E-state index in [2.05, 4.69) is 46.2 Å². The van der Waals surface area contributed by atoms with Crippen LogP contribution in [-0.2, 0) is 22.4 Å². The van der Waals surface area contributed by atoms with E-state index in [0.717, 1.165) is 12.5 Å². The van der Waals surface area contributed by atoms with Gasteiger partial charge in [-0.05, 0) is 57.8 Å².